The second-order valence-electron chi connectivity index (χ2n) is 4.18. The van der Waals surface area contributed by atoms with Crippen LogP contribution in [0.5, 0.6) is 0 Å². The molecule has 0 spiro atoms. The van der Waals surface area contributed by atoms with E-state index in [1.807, 2.05) is 0 Å². The third-order valence-electron chi connectivity index (χ3n) is 2.96. The smallest absolute Gasteiger partial charge is 0.337 e. The number of aromatic nitrogens is 1. The number of carboxylic acid groups (broad SMARTS) is 1. The summed E-state index contributed by atoms with van der Waals surface area (Å²) in [5.41, 5.74) is 1.51. The highest BCUT2D eigenvalue weighted by molar-refractivity contribution is 5.93. The summed E-state index contributed by atoms with van der Waals surface area (Å²) >= 11 is 0. The zero-order valence-corrected chi connectivity index (χ0v) is 9.86. The first-order valence-corrected chi connectivity index (χ1v) is 5.52. The molecule has 0 atom stereocenters. The highest BCUT2D eigenvalue weighted by Crippen LogP contribution is 2.27. The van der Waals surface area contributed by atoms with Gasteiger partial charge in [-0.1, -0.05) is 0 Å². The van der Waals surface area contributed by atoms with Crippen LogP contribution in [0.3, 0.4) is 0 Å². The lowest BCUT2D eigenvalue weighted by atomic mass is 10.0. The number of rotatable bonds is 1. The maximum absolute atomic E-state index is 11.5. The molecule has 0 fully saturated rings. The topological polar surface area (TPSA) is 70.5 Å². The van der Waals surface area contributed by atoms with Crippen molar-refractivity contribution in [3.05, 3.63) is 22.9 Å². The number of aromatic carboxylic acids is 1. The molecule has 90 valence electrons. The van der Waals surface area contributed by atoms with Gasteiger partial charge in [0.2, 0.25) is 5.91 Å². The monoisotopic (exact) mass is 234 g/mol. The Labute approximate surface area is 99.1 Å². The molecule has 2 heterocycles. The molecule has 1 amide bonds. The van der Waals surface area contributed by atoms with Gasteiger partial charge in [0, 0.05) is 13.5 Å². The minimum Gasteiger partial charge on any atom is -0.478 e. The Kier molecular flexibility index (Phi) is 2.83. The molecule has 0 aliphatic carbocycles. The minimum absolute atomic E-state index is 0.0547. The maximum atomic E-state index is 11.5. The Morgan fingerprint density at radius 2 is 2.18 bits per heavy atom. The van der Waals surface area contributed by atoms with Crippen molar-refractivity contribution in [2.45, 2.75) is 26.7 Å². The molecular weight excluding hydrogens is 220 g/mol. The second kappa shape index (κ2) is 4.16. The van der Waals surface area contributed by atoms with Crippen LogP contribution < -0.4 is 4.90 Å². The number of nitrogens with zero attached hydrogens (tertiary/aromatic N) is 2. The fourth-order valence-corrected chi connectivity index (χ4v) is 2.11. The number of fused-ring (bicyclic) bond motifs is 1. The highest BCUT2D eigenvalue weighted by Gasteiger charge is 2.23. The molecule has 1 N–H and O–H groups in total. The normalized spacial score (nSPS) is 14.4. The summed E-state index contributed by atoms with van der Waals surface area (Å²) in [5, 5.41) is 9.02. The first-order valence-electron chi connectivity index (χ1n) is 5.52. The van der Waals surface area contributed by atoms with E-state index in [1.54, 1.807) is 17.9 Å². The van der Waals surface area contributed by atoms with Crippen LogP contribution in [-0.4, -0.2) is 28.5 Å². The first kappa shape index (κ1) is 11.6. The van der Waals surface area contributed by atoms with Gasteiger partial charge in [0.1, 0.15) is 5.82 Å². The highest BCUT2D eigenvalue weighted by atomic mass is 16.4. The lowest BCUT2D eigenvalue weighted by molar-refractivity contribution is -0.116. The molecule has 1 aliphatic heterocycles. The molecule has 1 aliphatic rings. The van der Waals surface area contributed by atoms with E-state index in [1.165, 1.54) is 6.92 Å². The van der Waals surface area contributed by atoms with Crippen LogP contribution in [0, 0.1) is 6.92 Å². The third kappa shape index (κ3) is 2.00. The summed E-state index contributed by atoms with van der Waals surface area (Å²) in [5.74, 6) is -0.412. The van der Waals surface area contributed by atoms with Gasteiger partial charge in [0.15, 0.2) is 0 Å². The zero-order valence-electron chi connectivity index (χ0n) is 9.86. The van der Waals surface area contributed by atoms with E-state index in [2.05, 4.69) is 4.98 Å². The third-order valence-corrected chi connectivity index (χ3v) is 2.96. The van der Waals surface area contributed by atoms with Crippen LogP contribution in [0.2, 0.25) is 0 Å². The van der Waals surface area contributed by atoms with E-state index >= 15 is 0 Å². The Morgan fingerprint density at radius 3 is 2.76 bits per heavy atom. The quantitative estimate of drug-likeness (QED) is 0.797. The summed E-state index contributed by atoms with van der Waals surface area (Å²) in [6, 6.07) is 1.63. The van der Waals surface area contributed by atoms with E-state index in [4.69, 9.17) is 5.11 Å². The molecular formula is C12H14N2O3. The molecule has 0 saturated carbocycles. The molecule has 1 aromatic heterocycles. The predicted octanol–water partition coefficient (Wildman–Crippen LogP) is 1.39. The summed E-state index contributed by atoms with van der Waals surface area (Å²) in [6.45, 7) is 3.80. The summed E-state index contributed by atoms with van der Waals surface area (Å²) in [7, 11) is 0. The van der Waals surface area contributed by atoms with Crippen LogP contribution >= 0.6 is 0 Å². The molecule has 17 heavy (non-hydrogen) atoms. The van der Waals surface area contributed by atoms with Crippen molar-refractivity contribution >= 4 is 17.7 Å². The molecule has 0 radical (unpaired) electrons. The Hall–Kier alpha value is -1.91. The lowest BCUT2D eigenvalue weighted by Crippen LogP contribution is -2.34. The number of hydrogen-bond donors (Lipinski definition) is 1. The van der Waals surface area contributed by atoms with Gasteiger partial charge in [0.05, 0.1) is 11.3 Å². The van der Waals surface area contributed by atoms with Crippen LogP contribution in [0.25, 0.3) is 0 Å². The Morgan fingerprint density at radius 1 is 1.47 bits per heavy atom. The Bertz CT molecular complexity index is 497. The van der Waals surface area contributed by atoms with Crippen molar-refractivity contribution < 1.29 is 14.7 Å². The molecule has 1 aromatic rings. The lowest BCUT2D eigenvalue weighted by Gasteiger charge is -2.27. The number of pyridine rings is 1. The van der Waals surface area contributed by atoms with Crippen LogP contribution in [0.15, 0.2) is 6.07 Å². The van der Waals surface area contributed by atoms with Gasteiger partial charge in [-0.25, -0.2) is 9.78 Å². The zero-order chi connectivity index (χ0) is 12.6. The van der Waals surface area contributed by atoms with Crippen LogP contribution in [0.4, 0.5) is 5.82 Å². The number of amides is 1. The van der Waals surface area contributed by atoms with Crippen LogP contribution in [0.1, 0.15) is 35.0 Å². The molecule has 0 saturated heterocycles. The standard InChI is InChI=1S/C12H14N2O3/c1-7-10(12(16)17)6-9-4-3-5-14(8(2)15)11(9)13-7/h6H,3-5H2,1-2H3,(H,16,17). The number of anilines is 1. The van der Waals surface area contributed by atoms with E-state index in [0.29, 0.717) is 18.1 Å². The van der Waals surface area contributed by atoms with Gasteiger partial charge in [-0.05, 0) is 31.4 Å². The van der Waals surface area contributed by atoms with E-state index in [0.717, 1.165) is 18.4 Å². The largest absolute Gasteiger partial charge is 0.478 e. The summed E-state index contributed by atoms with van der Waals surface area (Å²) < 4.78 is 0. The minimum atomic E-state index is -0.974. The molecule has 0 unspecified atom stereocenters. The van der Waals surface area contributed by atoms with Gasteiger partial charge in [-0.3, -0.25) is 9.69 Å². The number of aryl methyl sites for hydroxylation is 2. The number of carbonyl (C=O) groups is 2. The summed E-state index contributed by atoms with van der Waals surface area (Å²) in [6.07, 6.45) is 1.61. The van der Waals surface area contributed by atoms with Crippen molar-refractivity contribution in [3.63, 3.8) is 0 Å². The first-order chi connectivity index (χ1) is 8.00. The fourth-order valence-electron chi connectivity index (χ4n) is 2.11. The van der Waals surface area contributed by atoms with E-state index in [9.17, 15) is 9.59 Å². The van der Waals surface area contributed by atoms with Gasteiger partial charge in [0.25, 0.3) is 0 Å². The number of carboxylic acids is 1. The second-order valence-corrected chi connectivity index (χ2v) is 4.18. The van der Waals surface area contributed by atoms with Gasteiger partial charge < -0.3 is 5.11 Å². The Balaban J connectivity index is 2.54. The van der Waals surface area contributed by atoms with Crippen LogP contribution in [-0.2, 0) is 11.2 Å². The van der Waals surface area contributed by atoms with Crippen molar-refractivity contribution in [3.8, 4) is 0 Å². The number of carbonyl (C=O) groups excluding carboxylic acids is 1. The SMILES string of the molecule is CC(=O)N1CCCc2cc(C(=O)O)c(C)nc21. The van der Waals surface area contributed by atoms with Crippen molar-refractivity contribution in [2.75, 3.05) is 11.4 Å². The summed E-state index contributed by atoms with van der Waals surface area (Å²) in [4.78, 5) is 28.3. The van der Waals surface area contributed by atoms with Crippen molar-refractivity contribution in [2.24, 2.45) is 0 Å². The van der Waals surface area contributed by atoms with Gasteiger partial charge in [-0.15, -0.1) is 0 Å². The molecule has 2 rings (SSSR count). The predicted molar refractivity (Wildman–Crippen MR) is 62.3 cm³/mol. The average molecular weight is 234 g/mol. The molecule has 0 bridgehead atoms. The van der Waals surface area contributed by atoms with Gasteiger partial charge in [-0.2, -0.15) is 0 Å². The molecule has 0 aromatic carbocycles. The van der Waals surface area contributed by atoms with E-state index < -0.39 is 5.97 Å². The molecule has 5 nitrogen and oxygen atoms in total. The van der Waals surface area contributed by atoms with Crippen molar-refractivity contribution in [1.29, 1.82) is 0 Å². The molecule has 5 heteroatoms. The van der Waals surface area contributed by atoms with Gasteiger partial charge >= 0.3 is 5.97 Å². The fraction of sp³-hybridized carbons (Fsp3) is 0.417. The average Bonchev–Trinajstić information content (AvgIpc) is 2.26. The number of hydrogen-bond acceptors (Lipinski definition) is 3. The van der Waals surface area contributed by atoms with Crippen molar-refractivity contribution in [1.82, 2.24) is 4.98 Å². The van der Waals surface area contributed by atoms with E-state index in [-0.39, 0.29) is 11.5 Å². The maximum Gasteiger partial charge on any atom is 0.337 e.